The van der Waals surface area contributed by atoms with Gasteiger partial charge in [-0.1, -0.05) is 0 Å². The highest BCUT2D eigenvalue weighted by molar-refractivity contribution is 6.06. The Balaban J connectivity index is 2.35. The number of aromatic nitrogens is 1. The number of hydrogen-bond donors (Lipinski definition) is 2. The molecule has 6 nitrogen and oxygen atoms in total. The van der Waals surface area contributed by atoms with E-state index in [1.54, 1.807) is 31.0 Å². The minimum atomic E-state index is -0.765. The van der Waals surface area contributed by atoms with Crippen molar-refractivity contribution in [3.63, 3.8) is 0 Å². The highest BCUT2D eigenvalue weighted by Crippen LogP contribution is 2.27. The molecule has 0 unspecified atom stereocenters. The van der Waals surface area contributed by atoms with Crippen LogP contribution in [0.3, 0.4) is 0 Å². The Morgan fingerprint density at radius 1 is 1.47 bits per heavy atom. The van der Waals surface area contributed by atoms with Crippen LogP contribution in [-0.4, -0.2) is 35.4 Å². The van der Waals surface area contributed by atoms with Crippen LogP contribution >= 0.6 is 0 Å². The molecular weight excluding hydrogens is 244 g/mol. The Morgan fingerprint density at radius 3 is 2.89 bits per heavy atom. The standard InChI is InChI=1S/C13H18N4O2/c1-4-14-10-7-9(5-6-15-10)17-8-11(18)16-12(19)13(17,2)3/h5-7H,4,8H2,1-3H3,(H,14,15)(H,16,18,19). The van der Waals surface area contributed by atoms with Gasteiger partial charge in [0.2, 0.25) is 5.91 Å². The summed E-state index contributed by atoms with van der Waals surface area (Å²) < 4.78 is 0. The molecule has 102 valence electrons. The molecule has 2 amide bonds. The number of amides is 2. The number of carbonyl (C=O) groups is 2. The second-order valence-electron chi connectivity index (χ2n) is 4.95. The number of imide groups is 1. The van der Waals surface area contributed by atoms with Crippen molar-refractivity contribution < 1.29 is 9.59 Å². The summed E-state index contributed by atoms with van der Waals surface area (Å²) in [6.45, 7) is 6.49. The molecule has 0 saturated carbocycles. The molecule has 6 heteroatoms. The summed E-state index contributed by atoms with van der Waals surface area (Å²) in [6, 6.07) is 3.64. The first-order chi connectivity index (χ1) is 8.95. The van der Waals surface area contributed by atoms with Crippen LogP contribution in [-0.2, 0) is 9.59 Å². The third kappa shape index (κ3) is 2.52. The highest BCUT2D eigenvalue weighted by Gasteiger charge is 2.41. The van der Waals surface area contributed by atoms with Crippen LogP contribution in [0.2, 0.25) is 0 Å². The summed E-state index contributed by atoms with van der Waals surface area (Å²) in [5.41, 5.74) is 0.0396. The molecule has 0 radical (unpaired) electrons. The average Bonchev–Trinajstić information content (AvgIpc) is 2.35. The highest BCUT2D eigenvalue weighted by atomic mass is 16.2. The Kier molecular flexibility index (Phi) is 3.42. The lowest BCUT2D eigenvalue weighted by atomic mass is 9.98. The maximum Gasteiger partial charge on any atom is 0.251 e. The maximum absolute atomic E-state index is 11.9. The van der Waals surface area contributed by atoms with Crippen molar-refractivity contribution in [1.82, 2.24) is 10.3 Å². The summed E-state index contributed by atoms with van der Waals surface area (Å²) >= 11 is 0. The minimum Gasteiger partial charge on any atom is -0.370 e. The van der Waals surface area contributed by atoms with Gasteiger partial charge in [0.25, 0.3) is 5.91 Å². The fourth-order valence-electron chi connectivity index (χ4n) is 2.06. The summed E-state index contributed by atoms with van der Waals surface area (Å²) in [5, 5.41) is 5.47. The molecule has 1 aliphatic rings. The van der Waals surface area contributed by atoms with Crippen molar-refractivity contribution in [1.29, 1.82) is 0 Å². The third-order valence-electron chi connectivity index (χ3n) is 3.20. The second kappa shape index (κ2) is 4.87. The number of anilines is 2. The van der Waals surface area contributed by atoms with Crippen LogP contribution in [0.25, 0.3) is 0 Å². The van der Waals surface area contributed by atoms with E-state index in [1.165, 1.54) is 0 Å². The van der Waals surface area contributed by atoms with Crippen LogP contribution in [0.1, 0.15) is 20.8 Å². The maximum atomic E-state index is 11.9. The van der Waals surface area contributed by atoms with Gasteiger partial charge in [0.05, 0.1) is 6.54 Å². The zero-order chi connectivity index (χ0) is 14.0. The number of rotatable bonds is 3. The SMILES string of the molecule is CCNc1cc(N2CC(=O)NC(=O)C2(C)C)ccn1. The average molecular weight is 262 g/mol. The fraction of sp³-hybridized carbons (Fsp3) is 0.462. The number of pyridine rings is 1. The lowest BCUT2D eigenvalue weighted by Gasteiger charge is -2.41. The second-order valence-corrected chi connectivity index (χ2v) is 4.95. The molecule has 0 atom stereocenters. The number of nitrogens with zero attached hydrogens (tertiary/aromatic N) is 2. The molecule has 1 aromatic heterocycles. The largest absolute Gasteiger partial charge is 0.370 e. The molecule has 2 N–H and O–H groups in total. The Hall–Kier alpha value is -2.11. The van der Waals surface area contributed by atoms with Gasteiger partial charge in [-0.15, -0.1) is 0 Å². The van der Waals surface area contributed by atoms with Crippen LogP contribution in [0.15, 0.2) is 18.3 Å². The monoisotopic (exact) mass is 262 g/mol. The lowest BCUT2D eigenvalue weighted by Crippen LogP contribution is -2.64. The van der Waals surface area contributed by atoms with E-state index in [4.69, 9.17) is 0 Å². The van der Waals surface area contributed by atoms with Gasteiger partial charge in [-0.25, -0.2) is 4.98 Å². The topological polar surface area (TPSA) is 74.3 Å². The molecule has 1 aromatic rings. The van der Waals surface area contributed by atoms with E-state index in [1.807, 2.05) is 13.0 Å². The van der Waals surface area contributed by atoms with Gasteiger partial charge < -0.3 is 10.2 Å². The Bertz CT molecular complexity index is 513. The van der Waals surface area contributed by atoms with Gasteiger partial charge in [0.15, 0.2) is 0 Å². The smallest absolute Gasteiger partial charge is 0.251 e. The number of hydrogen-bond acceptors (Lipinski definition) is 5. The molecule has 2 heterocycles. The molecule has 0 bridgehead atoms. The van der Waals surface area contributed by atoms with E-state index in [-0.39, 0.29) is 18.4 Å². The van der Waals surface area contributed by atoms with Crippen molar-refractivity contribution in [2.75, 3.05) is 23.3 Å². The van der Waals surface area contributed by atoms with Crippen molar-refractivity contribution in [2.24, 2.45) is 0 Å². The van der Waals surface area contributed by atoms with Gasteiger partial charge in [0.1, 0.15) is 11.4 Å². The predicted octanol–water partition coefficient (Wildman–Crippen LogP) is 0.755. The van der Waals surface area contributed by atoms with Gasteiger partial charge in [-0.2, -0.15) is 0 Å². The molecule has 0 spiro atoms. The molecule has 0 aliphatic carbocycles. The van der Waals surface area contributed by atoms with Crippen molar-refractivity contribution >= 4 is 23.3 Å². The minimum absolute atomic E-state index is 0.161. The normalized spacial score (nSPS) is 18.2. The van der Waals surface area contributed by atoms with E-state index in [0.29, 0.717) is 0 Å². The van der Waals surface area contributed by atoms with Gasteiger partial charge in [-0.05, 0) is 26.8 Å². The first kappa shape index (κ1) is 13.3. The Labute approximate surface area is 112 Å². The van der Waals surface area contributed by atoms with Gasteiger partial charge in [-0.3, -0.25) is 14.9 Å². The molecule has 19 heavy (non-hydrogen) atoms. The van der Waals surface area contributed by atoms with E-state index < -0.39 is 5.54 Å². The quantitative estimate of drug-likeness (QED) is 0.786. The van der Waals surface area contributed by atoms with Crippen LogP contribution < -0.4 is 15.5 Å². The van der Waals surface area contributed by atoms with E-state index in [9.17, 15) is 9.59 Å². The van der Waals surface area contributed by atoms with E-state index in [0.717, 1.165) is 18.1 Å². The van der Waals surface area contributed by atoms with Gasteiger partial charge >= 0.3 is 0 Å². The van der Waals surface area contributed by atoms with Crippen molar-refractivity contribution in [2.45, 2.75) is 26.3 Å². The number of nitrogens with one attached hydrogen (secondary N) is 2. The summed E-state index contributed by atoms with van der Waals surface area (Å²) in [6.07, 6.45) is 1.67. The molecule has 1 saturated heterocycles. The summed E-state index contributed by atoms with van der Waals surface area (Å²) in [7, 11) is 0. The Morgan fingerprint density at radius 2 is 2.21 bits per heavy atom. The van der Waals surface area contributed by atoms with Crippen LogP contribution in [0.5, 0.6) is 0 Å². The zero-order valence-electron chi connectivity index (χ0n) is 11.4. The van der Waals surface area contributed by atoms with Crippen molar-refractivity contribution in [3.05, 3.63) is 18.3 Å². The van der Waals surface area contributed by atoms with E-state index >= 15 is 0 Å². The van der Waals surface area contributed by atoms with Crippen LogP contribution in [0.4, 0.5) is 11.5 Å². The fourth-order valence-corrected chi connectivity index (χ4v) is 2.06. The lowest BCUT2D eigenvalue weighted by molar-refractivity contribution is -0.135. The predicted molar refractivity (Wildman–Crippen MR) is 73.0 cm³/mol. The zero-order valence-corrected chi connectivity index (χ0v) is 11.4. The summed E-state index contributed by atoms with van der Waals surface area (Å²) in [5.74, 6) is 0.158. The van der Waals surface area contributed by atoms with Crippen LogP contribution in [0, 0.1) is 0 Å². The summed E-state index contributed by atoms with van der Waals surface area (Å²) in [4.78, 5) is 29.4. The number of piperazine rings is 1. The first-order valence-corrected chi connectivity index (χ1v) is 6.27. The van der Waals surface area contributed by atoms with E-state index in [2.05, 4.69) is 15.6 Å². The van der Waals surface area contributed by atoms with Gasteiger partial charge in [0, 0.05) is 24.5 Å². The van der Waals surface area contributed by atoms with Crippen molar-refractivity contribution in [3.8, 4) is 0 Å². The first-order valence-electron chi connectivity index (χ1n) is 6.27. The molecule has 0 aromatic carbocycles. The molecule has 2 rings (SSSR count). The number of carbonyl (C=O) groups excluding carboxylic acids is 2. The third-order valence-corrected chi connectivity index (χ3v) is 3.20. The molecular formula is C13H18N4O2. The molecule has 1 fully saturated rings. The molecule has 1 aliphatic heterocycles.